The molecule has 0 fully saturated rings. The molecule has 322 valence electrons. The van der Waals surface area contributed by atoms with E-state index in [1.165, 1.54) is 30.1 Å². The van der Waals surface area contributed by atoms with Gasteiger partial charge in [-0.1, -0.05) is 79.9 Å². The minimum Gasteiger partial charge on any atom is -0.469 e. The van der Waals surface area contributed by atoms with E-state index in [2.05, 4.69) is 123 Å². The van der Waals surface area contributed by atoms with Gasteiger partial charge in [-0.3, -0.25) is 14.6 Å². The monoisotopic (exact) mass is 868 g/mol. The van der Waals surface area contributed by atoms with Gasteiger partial charge in [-0.15, -0.1) is 0 Å². The van der Waals surface area contributed by atoms with Gasteiger partial charge < -0.3 is 14.5 Å². The maximum absolute atomic E-state index is 13.0. The number of benzene rings is 3. The normalized spacial score (nSPS) is 18.7. The zero-order chi connectivity index (χ0) is 45.1. The first-order valence-electron chi connectivity index (χ1n) is 21.6. The maximum Gasteiger partial charge on any atom is 0.459 e. The van der Waals surface area contributed by atoms with Crippen molar-refractivity contribution in [3.05, 3.63) is 190 Å². The molecule has 0 radical (unpaired) electrons. The van der Waals surface area contributed by atoms with Crippen molar-refractivity contribution in [1.82, 2.24) is 4.98 Å². The molecular weight excluding hydrogens is 816 g/mol. The Hall–Kier alpha value is -6.83. The van der Waals surface area contributed by atoms with E-state index in [-0.39, 0.29) is 30.7 Å². The summed E-state index contributed by atoms with van der Waals surface area (Å²) in [7, 11) is 0.281. The molecule has 4 aromatic rings. The number of methoxy groups -OCH3 is 2. The highest BCUT2D eigenvalue weighted by atomic mass is 31.2. The molecule has 0 spiro atoms. The van der Waals surface area contributed by atoms with Crippen molar-refractivity contribution in [2.75, 3.05) is 20.4 Å². The number of esters is 2. The molecule has 1 atom stereocenters. The number of nitrogens with one attached hydrogen (secondary N) is 1. The van der Waals surface area contributed by atoms with Crippen LogP contribution in [0.4, 0.5) is 0 Å². The summed E-state index contributed by atoms with van der Waals surface area (Å²) in [6.45, 7) is 16.4. The third-order valence-corrected chi connectivity index (χ3v) is 17.2. The van der Waals surface area contributed by atoms with Gasteiger partial charge in [0.15, 0.2) is 0 Å². The number of carbonyl (C=O) groups is 2. The van der Waals surface area contributed by atoms with Crippen LogP contribution in [0.15, 0.2) is 182 Å². The Morgan fingerprint density at radius 1 is 0.703 bits per heavy atom. The molecule has 0 saturated carbocycles. The summed E-state index contributed by atoms with van der Waals surface area (Å²) >= 11 is 0. The Bertz CT molecular complexity index is 2770. The zero-order valence-electron chi connectivity index (χ0n) is 37.3. The van der Waals surface area contributed by atoms with Crippen LogP contribution in [0.25, 0.3) is 6.08 Å². The van der Waals surface area contributed by atoms with Gasteiger partial charge in [-0.05, 0) is 111 Å². The lowest BCUT2D eigenvalue weighted by Crippen LogP contribution is -2.37. The molecule has 4 aliphatic heterocycles. The average molecular weight is 869 g/mol. The number of aromatic amines is 1. The Balaban J connectivity index is 1.50. The number of amides is 1. The van der Waals surface area contributed by atoms with Crippen LogP contribution in [0, 0.1) is 6.92 Å². The topological polar surface area (TPSA) is 117 Å². The number of nitrogens with zero attached hydrogens (tertiary/aromatic N) is 3. The van der Waals surface area contributed by atoms with Crippen LogP contribution in [-0.4, -0.2) is 60.5 Å². The predicted octanol–water partition coefficient (Wildman–Crippen LogP) is 9.40. The fourth-order valence-corrected chi connectivity index (χ4v) is 13.8. The quantitative estimate of drug-likeness (QED) is 0.0819. The second-order valence-corrected chi connectivity index (χ2v) is 19.8. The van der Waals surface area contributed by atoms with E-state index < -0.39 is 7.26 Å². The molecule has 8 bridgehead atoms. The summed E-state index contributed by atoms with van der Waals surface area (Å²) in [6, 6.07) is 32.4. The lowest BCUT2D eigenvalue weighted by atomic mass is 9.88. The zero-order valence-corrected chi connectivity index (χ0v) is 38.2. The summed E-state index contributed by atoms with van der Waals surface area (Å²) in [5, 5.41) is 3.66. The van der Waals surface area contributed by atoms with E-state index in [1.54, 1.807) is 12.2 Å². The molecule has 5 heterocycles. The van der Waals surface area contributed by atoms with Gasteiger partial charge in [0.1, 0.15) is 23.2 Å². The standard InChI is InChI=1S/C54H53N4O5P/c1-9-40-35(5)53-57-47(40)30-45-33(3)42(26-28-49(59)61-7)51(55-45)44(32-64(37-20-14-11-15-21-37,38-22-16-12-17-23-38)39-24-18-13-19-25-39)52-43(27-29-50(60)62-8)34(4)46(56-52)31-48-41(10-2)36(6)54(58-48)63-53/h9-25,30-31,44,55H,1-2,26-29,32H2,3-8H3/q+2/b46-31-,47-30-. The molecule has 64 heavy (non-hydrogen) atoms. The van der Waals surface area contributed by atoms with Gasteiger partial charge in [-0.2, -0.15) is 14.4 Å². The highest BCUT2D eigenvalue weighted by Crippen LogP contribution is 2.59. The second-order valence-electron chi connectivity index (χ2n) is 16.2. The van der Waals surface area contributed by atoms with Crippen molar-refractivity contribution in [1.29, 1.82) is 0 Å². The lowest BCUT2D eigenvalue weighted by Gasteiger charge is -2.32. The number of aromatic nitrogens is 1. The van der Waals surface area contributed by atoms with Crippen molar-refractivity contribution < 1.29 is 23.5 Å². The molecule has 1 aromatic heterocycles. The first-order chi connectivity index (χ1) is 31.0. The molecule has 3 aromatic carbocycles. The lowest BCUT2D eigenvalue weighted by molar-refractivity contribution is -0.314. The van der Waals surface area contributed by atoms with Crippen LogP contribution in [0.1, 0.15) is 68.5 Å². The van der Waals surface area contributed by atoms with E-state index in [0.717, 1.165) is 67.4 Å². The summed E-state index contributed by atoms with van der Waals surface area (Å²) in [5.74, 6) is -0.140. The summed E-state index contributed by atoms with van der Waals surface area (Å²) in [5.41, 5.74) is 11.9. The molecule has 4 aliphatic rings. The van der Waals surface area contributed by atoms with Crippen molar-refractivity contribution in [2.45, 2.75) is 59.3 Å². The molecule has 0 amide bonds. The van der Waals surface area contributed by atoms with E-state index in [4.69, 9.17) is 28.9 Å². The first kappa shape index (κ1) is 43.8. The van der Waals surface area contributed by atoms with Crippen molar-refractivity contribution in [3.63, 3.8) is 0 Å². The number of H-pyrrole nitrogens is 1. The van der Waals surface area contributed by atoms with Crippen LogP contribution < -0.4 is 15.9 Å². The number of rotatable bonds is 13. The first-order valence-corrected chi connectivity index (χ1v) is 23.5. The molecule has 9 nitrogen and oxygen atoms in total. The highest BCUT2D eigenvalue weighted by molar-refractivity contribution is 7.95. The number of hydrogen-bond acceptors (Lipinski definition) is 7. The second kappa shape index (κ2) is 18.5. The van der Waals surface area contributed by atoms with E-state index in [9.17, 15) is 9.59 Å². The van der Waals surface area contributed by atoms with E-state index in [0.29, 0.717) is 42.2 Å². The third-order valence-electron chi connectivity index (χ3n) is 12.8. The van der Waals surface area contributed by atoms with Crippen molar-refractivity contribution >= 4 is 64.4 Å². The van der Waals surface area contributed by atoms with Crippen molar-refractivity contribution in [2.24, 2.45) is 15.0 Å². The smallest absolute Gasteiger partial charge is 0.459 e. The summed E-state index contributed by atoms with van der Waals surface area (Å²) < 4.78 is 17.0. The van der Waals surface area contributed by atoms with E-state index in [1.807, 2.05) is 26.0 Å². The SMILES string of the molecule is C=CC1=C(C)C2=[O+]C3=N/C(=C\c4[nH]c(c(CCC(=O)OC)c4C)C(C[P+](c4ccccc4)(c4ccccc4)c4ccccc4)C4=N/C(=C\C1=N2)C(C)=C4CCC(=O)OC)C(C=C)=C3C. The number of ether oxygens (including phenoxy) is 2. The van der Waals surface area contributed by atoms with Gasteiger partial charge in [0.05, 0.1) is 60.3 Å². The average Bonchev–Trinajstić information content (AvgIpc) is 4.01. The van der Waals surface area contributed by atoms with Crippen LogP contribution in [0.3, 0.4) is 0 Å². The van der Waals surface area contributed by atoms with E-state index >= 15 is 0 Å². The maximum atomic E-state index is 13.0. The largest absolute Gasteiger partial charge is 0.469 e. The minimum atomic E-state index is -2.56. The fraction of sp³-hybridized carbons (Fsp3) is 0.222. The van der Waals surface area contributed by atoms with Gasteiger partial charge in [-0.25, -0.2) is 0 Å². The molecule has 0 aliphatic carbocycles. The van der Waals surface area contributed by atoms with Crippen LogP contribution in [0.2, 0.25) is 0 Å². The minimum absolute atomic E-state index is 0.161. The van der Waals surface area contributed by atoms with Crippen LogP contribution >= 0.6 is 7.26 Å². The molecule has 1 unspecified atom stereocenters. The Kier molecular flexibility index (Phi) is 12.7. The predicted molar refractivity (Wildman–Crippen MR) is 262 cm³/mol. The Labute approximate surface area is 375 Å². The Morgan fingerprint density at radius 2 is 1.27 bits per heavy atom. The summed E-state index contributed by atoms with van der Waals surface area (Å²) in [4.78, 5) is 45.7. The fourth-order valence-electron chi connectivity index (χ4n) is 9.29. The molecule has 0 saturated heterocycles. The summed E-state index contributed by atoms with van der Waals surface area (Å²) in [6.07, 6.45) is 9.40. The van der Waals surface area contributed by atoms with Gasteiger partial charge in [0.2, 0.25) is 0 Å². The highest BCUT2D eigenvalue weighted by Gasteiger charge is 2.50. The number of hydrogen-bond donors (Lipinski definition) is 1. The number of carbonyl (C=O) groups excluding carboxylic acids is 3. The molecule has 10 heteroatoms. The number of fused-ring (bicyclic) bond motifs is 5. The van der Waals surface area contributed by atoms with Gasteiger partial charge in [0, 0.05) is 35.4 Å². The third kappa shape index (κ3) is 8.01. The number of allylic oxidation sites excluding steroid dienone is 6. The van der Waals surface area contributed by atoms with Crippen LogP contribution in [-0.2, 0) is 29.9 Å². The Morgan fingerprint density at radius 3 is 1.81 bits per heavy atom. The molecule has 1 N–H and O–H groups in total. The molecule has 8 rings (SSSR count). The number of aliphatic imine (C=N–C) groups is 3. The van der Waals surface area contributed by atoms with Crippen LogP contribution in [0.5, 0.6) is 0 Å². The van der Waals surface area contributed by atoms with Crippen molar-refractivity contribution in [3.8, 4) is 0 Å². The molecular formula is C54H53N4O5P+2. The van der Waals surface area contributed by atoms with Gasteiger partial charge in [0.25, 0.3) is 0 Å². The van der Waals surface area contributed by atoms with Gasteiger partial charge >= 0.3 is 23.7 Å².